The van der Waals surface area contributed by atoms with Crippen molar-refractivity contribution in [2.75, 3.05) is 11.5 Å². The summed E-state index contributed by atoms with van der Waals surface area (Å²) in [6.07, 6.45) is 8.71. The maximum absolute atomic E-state index is 12.1. The molecule has 0 bridgehead atoms. The summed E-state index contributed by atoms with van der Waals surface area (Å²) in [5, 5.41) is 0. The van der Waals surface area contributed by atoms with Gasteiger partial charge in [0.1, 0.15) is 0 Å². The highest BCUT2D eigenvalue weighted by Crippen LogP contribution is 2.22. The Morgan fingerprint density at radius 3 is 2.37 bits per heavy atom. The predicted octanol–water partition coefficient (Wildman–Crippen LogP) is 4.89. The van der Waals surface area contributed by atoms with Gasteiger partial charge in [-0.25, -0.2) is 0 Å². The zero-order valence-corrected chi connectivity index (χ0v) is 14.1. The minimum atomic E-state index is -0.958. The van der Waals surface area contributed by atoms with Crippen LogP contribution in [0.4, 0.5) is 5.69 Å². The first-order valence-electron chi connectivity index (χ1n) is 7.08. The van der Waals surface area contributed by atoms with Crippen LogP contribution < -0.4 is 5.73 Å². The minimum absolute atomic E-state index is 0.621. The lowest BCUT2D eigenvalue weighted by Crippen LogP contribution is -2.02. The van der Waals surface area contributed by atoms with E-state index in [-0.39, 0.29) is 0 Å². The summed E-state index contributed by atoms with van der Waals surface area (Å²) in [6, 6.07) is 5.57. The van der Waals surface area contributed by atoms with Gasteiger partial charge in [-0.15, -0.1) is 0 Å². The molecule has 1 rings (SSSR count). The van der Waals surface area contributed by atoms with Crippen LogP contribution in [0.5, 0.6) is 0 Å². The number of nitrogen functional groups attached to an aromatic ring is 1. The lowest BCUT2D eigenvalue weighted by Gasteiger charge is -2.06. The van der Waals surface area contributed by atoms with Crippen molar-refractivity contribution in [3.63, 3.8) is 0 Å². The van der Waals surface area contributed by atoms with Crippen molar-refractivity contribution in [1.82, 2.24) is 0 Å². The van der Waals surface area contributed by atoms with Gasteiger partial charge in [0.05, 0.1) is 15.7 Å². The number of anilines is 1. The van der Waals surface area contributed by atoms with E-state index in [4.69, 9.17) is 5.73 Å². The van der Waals surface area contributed by atoms with E-state index in [1.807, 2.05) is 18.2 Å². The first-order chi connectivity index (χ1) is 9.15. The Balaban J connectivity index is 2.24. The van der Waals surface area contributed by atoms with Crippen molar-refractivity contribution in [3.8, 4) is 0 Å². The molecule has 1 aromatic rings. The molecule has 0 aliphatic heterocycles. The SMILES string of the molecule is CCCCCCCCCS(=O)c1ccc(Br)cc1N. The van der Waals surface area contributed by atoms with Gasteiger partial charge >= 0.3 is 0 Å². The molecule has 2 nitrogen and oxygen atoms in total. The molecule has 0 saturated heterocycles. The summed E-state index contributed by atoms with van der Waals surface area (Å²) < 4.78 is 13.1. The van der Waals surface area contributed by atoms with Crippen molar-refractivity contribution in [2.24, 2.45) is 0 Å². The Morgan fingerprint density at radius 1 is 1.11 bits per heavy atom. The van der Waals surface area contributed by atoms with E-state index >= 15 is 0 Å². The molecule has 19 heavy (non-hydrogen) atoms. The molecule has 0 heterocycles. The van der Waals surface area contributed by atoms with Gasteiger partial charge in [0, 0.05) is 15.9 Å². The number of hydrogen-bond acceptors (Lipinski definition) is 2. The van der Waals surface area contributed by atoms with E-state index in [1.54, 1.807) is 0 Å². The summed E-state index contributed by atoms with van der Waals surface area (Å²) in [5.74, 6) is 0.722. The van der Waals surface area contributed by atoms with Crippen LogP contribution >= 0.6 is 15.9 Å². The Labute approximate surface area is 127 Å². The van der Waals surface area contributed by atoms with Crippen molar-refractivity contribution >= 4 is 32.4 Å². The van der Waals surface area contributed by atoms with E-state index in [2.05, 4.69) is 22.9 Å². The lowest BCUT2D eigenvalue weighted by molar-refractivity contribution is 0.601. The van der Waals surface area contributed by atoms with E-state index in [1.165, 1.54) is 38.5 Å². The molecular formula is C15H24BrNOS. The quantitative estimate of drug-likeness (QED) is 0.511. The Morgan fingerprint density at radius 2 is 1.74 bits per heavy atom. The van der Waals surface area contributed by atoms with Crippen LogP contribution in [-0.2, 0) is 10.8 Å². The molecule has 0 spiro atoms. The highest BCUT2D eigenvalue weighted by Gasteiger charge is 2.07. The van der Waals surface area contributed by atoms with Crippen LogP contribution in [0.2, 0.25) is 0 Å². The molecule has 1 atom stereocenters. The van der Waals surface area contributed by atoms with Crippen molar-refractivity contribution in [3.05, 3.63) is 22.7 Å². The number of unbranched alkanes of at least 4 members (excludes halogenated alkanes) is 6. The fraction of sp³-hybridized carbons (Fsp3) is 0.600. The average molecular weight is 346 g/mol. The second kappa shape index (κ2) is 9.54. The molecule has 0 radical (unpaired) electrons. The zero-order chi connectivity index (χ0) is 14.1. The summed E-state index contributed by atoms with van der Waals surface area (Å²) in [6.45, 7) is 2.23. The highest BCUT2D eigenvalue weighted by molar-refractivity contribution is 9.10. The topological polar surface area (TPSA) is 43.1 Å². The maximum atomic E-state index is 12.1. The molecule has 0 aliphatic carbocycles. The first kappa shape index (κ1) is 16.7. The molecular weight excluding hydrogens is 322 g/mol. The second-order valence-electron chi connectivity index (χ2n) is 4.85. The van der Waals surface area contributed by atoms with Crippen LogP contribution in [0, 0.1) is 0 Å². The third-order valence-corrected chi connectivity index (χ3v) is 5.17. The van der Waals surface area contributed by atoms with Gasteiger partial charge in [-0.1, -0.05) is 61.4 Å². The van der Waals surface area contributed by atoms with Gasteiger partial charge in [-0.2, -0.15) is 0 Å². The van der Waals surface area contributed by atoms with Gasteiger partial charge in [-0.3, -0.25) is 4.21 Å². The number of rotatable bonds is 9. The molecule has 0 aliphatic rings. The number of halogens is 1. The minimum Gasteiger partial charge on any atom is -0.398 e. The molecule has 1 aromatic carbocycles. The van der Waals surface area contributed by atoms with Crippen LogP contribution in [0.3, 0.4) is 0 Å². The van der Waals surface area contributed by atoms with Crippen LogP contribution in [-0.4, -0.2) is 9.96 Å². The van der Waals surface area contributed by atoms with Gasteiger partial charge in [0.25, 0.3) is 0 Å². The van der Waals surface area contributed by atoms with Crippen molar-refractivity contribution in [2.45, 2.75) is 56.8 Å². The van der Waals surface area contributed by atoms with Gasteiger partial charge in [-0.05, 0) is 24.6 Å². The van der Waals surface area contributed by atoms with Gasteiger partial charge in [0.2, 0.25) is 0 Å². The third kappa shape index (κ3) is 6.57. The Hall–Kier alpha value is -0.350. The standard InChI is InChI=1S/C15H24BrNOS/c1-2-3-4-5-6-7-8-11-19(18)15-10-9-13(16)12-14(15)17/h9-10,12H,2-8,11,17H2,1H3. The van der Waals surface area contributed by atoms with E-state index in [0.717, 1.165) is 21.5 Å². The third-order valence-electron chi connectivity index (χ3n) is 3.15. The summed E-state index contributed by atoms with van der Waals surface area (Å²) in [4.78, 5) is 0.772. The van der Waals surface area contributed by atoms with E-state index in [9.17, 15) is 4.21 Å². The molecule has 0 fully saturated rings. The van der Waals surface area contributed by atoms with Gasteiger partial charge < -0.3 is 5.73 Å². The van der Waals surface area contributed by atoms with E-state index in [0.29, 0.717) is 5.69 Å². The molecule has 108 valence electrons. The molecule has 4 heteroatoms. The molecule has 2 N–H and O–H groups in total. The second-order valence-corrected chi connectivity index (χ2v) is 7.31. The zero-order valence-electron chi connectivity index (χ0n) is 11.7. The normalized spacial score (nSPS) is 12.5. The Bertz CT molecular complexity index is 409. The molecule has 1 unspecified atom stereocenters. The molecule has 0 amide bonds. The van der Waals surface area contributed by atoms with Crippen LogP contribution in [0.25, 0.3) is 0 Å². The average Bonchev–Trinajstić information content (AvgIpc) is 2.37. The highest BCUT2D eigenvalue weighted by atomic mass is 79.9. The molecule has 0 aromatic heterocycles. The Kier molecular flexibility index (Phi) is 8.38. The predicted molar refractivity (Wildman–Crippen MR) is 87.8 cm³/mol. The first-order valence-corrected chi connectivity index (χ1v) is 9.19. The van der Waals surface area contributed by atoms with Crippen molar-refractivity contribution < 1.29 is 4.21 Å². The summed E-state index contributed by atoms with van der Waals surface area (Å²) >= 11 is 3.36. The maximum Gasteiger partial charge on any atom is 0.0618 e. The van der Waals surface area contributed by atoms with Crippen LogP contribution in [0.1, 0.15) is 51.9 Å². The fourth-order valence-corrected chi connectivity index (χ4v) is 3.63. The molecule has 0 saturated carbocycles. The lowest BCUT2D eigenvalue weighted by atomic mass is 10.1. The van der Waals surface area contributed by atoms with Gasteiger partial charge in [0.15, 0.2) is 0 Å². The smallest absolute Gasteiger partial charge is 0.0618 e. The van der Waals surface area contributed by atoms with Crippen LogP contribution in [0.15, 0.2) is 27.6 Å². The fourth-order valence-electron chi connectivity index (χ4n) is 2.03. The number of benzene rings is 1. The van der Waals surface area contributed by atoms with Crippen molar-refractivity contribution in [1.29, 1.82) is 0 Å². The summed E-state index contributed by atoms with van der Waals surface area (Å²) in [7, 11) is -0.958. The number of nitrogens with two attached hydrogens (primary N) is 1. The summed E-state index contributed by atoms with van der Waals surface area (Å²) in [5.41, 5.74) is 6.51. The monoisotopic (exact) mass is 345 g/mol. The van der Waals surface area contributed by atoms with E-state index < -0.39 is 10.8 Å². The number of hydrogen-bond donors (Lipinski definition) is 1. The largest absolute Gasteiger partial charge is 0.398 e.